The lowest BCUT2D eigenvalue weighted by molar-refractivity contribution is -0.660. The van der Waals surface area contributed by atoms with Crippen molar-refractivity contribution < 1.29 is 26.2 Å². The van der Waals surface area contributed by atoms with E-state index in [4.69, 9.17) is 0 Å². The van der Waals surface area contributed by atoms with Gasteiger partial charge in [0.05, 0.1) is 20.6 Å². The van der Waals surface area contributed by atoms with Crippen LogP contribution >= 0.6 is 0 Å². The zero-order valence-corrected chi connectivity index (χ0v) is 15.6. The molecule has 0 saturated carbocycles. The quantitative estimate of drug-likeness (QED) is 0.464. The van der Waals surface area contributed by atoms with Crippen molar-refractivity contribution in [2.75, 3.05) is 21.2 Å². The van der Waals surface area contributed by atoms with Gasteiger partial charge in [-0.1, -0.05) is 36.4 Å². The van der Waals surface area contributed by atoms with Crippen LogP contribution in [-0.4, -0.2) is 49.6 Å². The summed E-state index contributed by atoms with van der Waals surface area (Å²) in [5, 5.41) is 2.10. The molecule has 0 amide bonds. The van der Waals surface area contributed by atoms with E-state index in [2.05, 4.69) is 26.0 Å². The van der Waals surface area contributed by atoms with Crippen molar-refractivity contribution in [1.29, 1.82) is 0 Å². The molecule has 1 unspecified atom stereocenters. The van der Waals surface area contributed by atoms with E-state index in [1.54, 1.807) is 6.07 Å². The van der Waals surface area contributed by atoms with Crippen LogP contribution in [0.5, 0.6) is 0 Å². The molecule has 1 atom stereocenters. The molecule has 0 aliphatic carbocycles. The van der Waals surface area contributed by atoms with E-state index >= 15 is 0 Å². The molecule has 8 heteroatoms. The Bertz CT molecular complexity index is 885. The summed E-state index contributed by atoms with van der Waals surface area (Å²) in [5.74, 6) is -0.132. The first-order chi connectivity index (χ1) is 12.2. The Labute approximate surface area is 153 Å². The third kappa shape index (κ3) is 4.87. The maximum atomic E-state index is 14.0. The molecular weight excluding hydrogens is 359 g/mol. The Morgan fingerprint density at radius 2 is 1.69 bits per heavy atom. The molecule has 0 aromatic heterocycles. The average molecular weight is 380 g/mol. The van der Waals surface area contributed by atoms with E-state index in [0.717, 1.165) is 19.1 Å². The molecule has 140 valence electrons. The van der Waals surface area contributed by atoms with Gasteiger partial charge < -0.3 is 4.55 Å². The third-order valence-corrected chi connectivity index (χ3v) is 4.69. The average Bonchev–Trinajstić information content (AvgIpc) is 2.92. The minimum Gasteiger partial charge on any atom is -0.726 e. The highest BCUT2D eigenvalue weighted by Crippen LogP contribution is 2.31. The van der Waals surface area contributed by atoms with Crippen LogP contribution in [0.1, 0.15) is 23.6 Å². The summed E-state index contributed by atoms with van der Waals surface area (Å²) in [5.41, 5.74) is 3.18. The van der Waals surface area contributed by atoms with Crippen LogP contribution in [0, 0.1) is 5.82 Å². The van der Waals surface area contributed by atoms with Gasteiger partial charge in [-0.05, 0) is 18.2 Å². The standard InChI is InChI=1S/C17H18FN2.CH4O4S/c1-19-16(13-8-4-3-5-9-13)12-17(20(19)2)14-10-6-7-11-15(14)18;1-5-6(2,3)4/h3-11,17H,12H2,1-2H3;1H3,(H,2,3,4)/q+1;/p-1. The van der Waals surface area contributed by atoms with Crippen molar-refractivity contribution >= 4 is 16.1 Å². The van der Waals surface area contributed by atoms with Crippen LogP contribution < -0.4 is 0 Å². The van der Waals surface area contributed by atoms with Crippen LogP contribution in [0.3, 0.4) is 0 Å². The molecule has 2 aromatic carbocycles. The number of hydrazone groups is 1. The minimum absolute atomic E-state index is 0.0522. The SMILES string of the molecule is CN1C(c2ccccc2F)CC(c2ccccc2)=[N+]1C.COS(=O)(=O)[O-]. The Hall–Kier alpha value is -2.29. The number of hydrogen-bond donors (Lipinski definition) is 0. The molecule has 0 spiro atoms. The summed E-state index contributed by atoms with van der Waals surface area (Å²) in [7, 11) is 0.434. The predicted octanol–water partition coefficient (Wildman–Crippen LogP) is 2.34. The second-order valence-electron chi connectivity index (χ2n) is 5.73. The molecule has 6 nitrogen and oxygen atoms in total. The number of halogens is 1. The molecule has 0 bridgehead atoms. The van der Waals surface area contributed by atoms with Crippen LogP contribution in [0.2, 0.25) is 0 Å². The number of hydrogen-bond acceptors (Lipinski definition) is 5. The monoisotopic (exact) mass is 380 g/mol. The van der Waals surface area contributed by atoms with Gasteiger partial charge in [-0.15, -0.1) is 4.68 Å². The third-order valence-electron chi connectivity index (χ3n) is 4.28. The van der Waals surface area contributed by atoms with E-state index in [0.29, 0.717) is 0 Å². The van der Waals surface area contributed by atoms with Gasteiger partial charge in [0, 0.05) is 11.1 Å². The van der Waals surface area contributed by atoms with Crippen LogP contribution in [0.4, 0.5) is 4.39 Å². The Balaban J connectivity index is 0.000000352. The summed E-state index contributed by atoms with van der Waals surface area (Å²) < 4.78 is 47.2. The van der Waals surface area contributed by atoms with Gasteiger partial charge in [-0.3, -0.25) is 4.18 Å². The summed E-state index contributed by atoms with van der Waals surface area (Å²) >= 11 is 0. The van der Waals surface area contributed by atoms with Crippen LogP contribution in [0.25, 0.3) is 0 Å². The number of benzene rings is 2. The van der Waals surface area contributed by atoms with Gasteiger partial charge in [0.25, 0.3) is 0 Å². The van der Waals surface area contributed by atoms with Gasteiger partial charge >= 0.3 is 0 Å². The van der Waals surface area contributed by atoms with Crippen molar-refractivity contribution in [2.24, 2.45) is 0 Å². The molecule has 2 aromatic rings. The maximum absolute atomic E-state index is 14.0. The maximum Gasteiger partial charge on any atom is 0.217 e. The highest BCUT2D eigenvalue weighted by Gasteiger charge is 2.37. The second kappa shape index (κ2) is 8.39. The zero-order valence-electron chi connectivity index (χ0n) is 14.8. The van der Waals surface area contributed by atoms with E-state index < -0.39 is 10.4 Å². The first-order valence-electron chi connectivity index (χ1n) is 7.88. The summed E-state index contributed by atoms with van der Waals surface area (Å²) in [4.78, 5) is 0. The van der Waals surface area contributed by atoms with Crippen molar-refractivity contribution in [3.05, 3.63) is 71.5 Å². The van der Waals surface area contributed by atoms with Crippen LogP contribution in [0.15, 0.2) is 54.6 Å². The van der Waals surface area contributed by atoms with Gasteiger partial charge in [0.2, 0.25) is 16.1 Å². The van der Waals surface area contributed by atoms with E-state index in [9.17, 15) is 17.4 Å². The molecule has 0 saturated heterocycles. The van der Waals surface area contributed by atoms with E-state index in [1.807, 2.05) is 44.4 Å². The molecule has 0 N–H and O–H groups in total. The van der Waals surface area contributed by atoms with Gasteiger partial charge in [-0.25, -0.2) is 12.8 Å². The van der Waals surface area contributed by atoms with Gasteiger partial charge in [0.15, 0.2) is 7.05 Å². The number of hydrazine groups is 1. The van der Waals surface area contributed by atoms with Crippen LogP contribution in [-0.2, 0) is 14.6 Å². The van der Waals surface area contributed by atoms with Gasteiger partial charge in [-0.2, -0.15) is 5.01 Å². The number of nitrogens with zero attached hydrogens (tertiary/aromatic N) is 2. The summed E-state index contributed by atoms with van der Waals surface area (Å²) in [6.07, 6.45) is 0.817. The fraction of sp³-hybridized carbons (Fsp3) is 0.278. The number of rotatable bonds is 3. The second-order valence-corrected chi connectivity index (χ2v) is 6.88. The lowest BCUT2D eigenvalue weighted by Crippen LogP contribution is -2.28. The molecule has 3 rings (SSSR count). The summed E-state index contributed by atoms with van der Waals surface area (Å²) in [6.45, 7) is 0. The fourth-order valence-electron chi connectivity index (χ4n) is 2.84. The Morgan fingerprint density at radius 3 is 2.23 bits per heavy atom. The molecule has 1 aliphatic heterocycles. The smallest absolute Gasteiger partial charge is 0.217 e. The lowest BCUT2D eigenvalue weighted by Gasteiger charge is -2.17. The van der Waals surface area contributed by atoms with Crippen molar-refractivity contribution in [3.8, 4) is 0 Å². The zero-order chi connectivity index (χ0) is 19.3. The highest BCUT2D eigenvalue weighted by atomic mass is 32.3. The minimum atomic E-state index is -4.41. The first kappa shape index (κ1) is 20.0. The van der Waals surface area contributed by atoms with E-state index in [1.165, 1.54) is 17.3 Å². The molecule has 0 radical (unpaired) electrons. The molecular formula is C18H21FN2O4S. The molecule has 1 aliphatic rings. The predicted molar refractivity (Wildman–Crippen MR) is 95.0 cm³/mol. The lowest BCUT2D eigenvalue weighted by atomic mass is 9.98. The normalized spacial score (nSPS) is 17.1. The van der Waals surface area contributed by atoms with Crippen molar-refractivity contribution in [3.63, 3.8) is 0 Å². The first-order valence-corrected chi connectivity index (χ1v) is 9.21. The van der Waals surface area contributed by atoms with Crippen molar-refractivity contribution in [2.45, 2.75) is 12.5 Å². The molecule has 0 fully saturated rings. The van der Waals surface area contributed by atoms with Gasteiger partial charge in [0.1, 0.15) is 11.9 Å². The Morgan fingerprint density at radius 1 is 1.15 bits per heavy atom. The molecule has 26 heavy (non-hydrogen) atoms. The topological polar surface area (TPSA) is 72.7 Å². The van der Waals surface area contributed by atoms with Crippen molar-refractivity contribution in [1.82, 2.24) is 5.01 Å². The highest BCUT2D eigenvalue weighted by molar-refractivity contribution is 7.80. The molecule has 1 heterocycles. The van der Waals surface area contributed by atoms with E-state index in [-0.39, 0.29) is 11.9 Å². The summed E-state index contributed by atoms with van der Waals surface area (Å²) in [6, 6.07) is 17.4. The largest absolute Gasteiger partial charge is 0.726 e. The Kier molecular flexibility index (Phi) is 6.47. The fourth-order valence-corrected chi connectivity index (χ4v) is 2.84.